The maximum atomic E-state index is 12.9. The fourth-order valence-corrected chi connectivity index (χ4v) is 3.44. The molecule has 3 rings (SSSR count). The van der Waals surface area contributed by atoms with Crippen LogP contribution in [0, 0.1) is 18.7 Å². The molecule has 27 heavy (non-hydrogen) atoms. The van der Waals surface area contributed by atoms with E-state index in [1.807, 2.05) is 13.0 Å². The number of carbonyl (C=O) groups excluding carboxylic acids is 2. The summed E-state index contributed by atoms with van der Waals surface area (Å²) in [7, 11) is 1.63. The van der Waals surface area contributed by atoms with E-state index in [0.717, 1.165) is 11.5 Å². The van der Waals surface area contributed by atoms with Crippen molar-refractivity contribution in [3.05, 3.63) is 53.2 Å². The molecule has 1 aliphatic rings. The zero-order chi connectivity index (χ0) is 19.4. The quantitative estimate of drug-likeness (QED) is 0.697. The van der Waals surface area contributed by atoms with E-state index in [1.165, 1.54) is 24.3 Å². The third-order valence-corrected chi connectivity index (χ3v) is 4.91. The highest BCUT2D eigenvalue weighted by Gasteiger charge is 2.36. The minimum atomic E-state index is -0.390. The molecule has 1 aromatic carbocycles. The topological polar surface area (TPSA) is 72.6 Å². The van der Waals surface area contributed by atoms with Crippen molar-refractivity contribution in [3.8, 4) is 0 Å². The molecule has 0 aliphatic carbocycles. The van der Waals surface area contributed by atoms with Gasteiger partial charge in [-0.25, -0.2) is 4.39 Å². The van der Waals surface area contributed by atoms with Gasteiger partial charge in [-0.2, -0.15) is 0 Å². The monoisotopic (exact) mass is 374 g/mol. The molecule has 1 saturated heterocycles. The van der Waals surface area contributed by atoms with Crippen molar-refractivity contribution in [3.63, 3.8) is 0 Å². The van der Waals surface area contributed by atoms with Gasteiger partial charge in [0.15, 0.2) is 5.78 Å². The number of amides is 1. The van der Waals surface area contributed by atoms with Crippen molar-refractivity contribution < 1.29 is 23.2 Å². The number of hydrogen-bond acceptors (Lipinski definition) is 5. The Labute approximate surface area is 157 Å². The summed E-state index contributed by atoms with van der Waals surface area (Å²) >= 11 is 0. The van der Waals surface area contributed by atoms with Gasteiger partial charge in [0.2, 0.25) is 5.91 Å². The summed E-state index contributed by atoms with van der Waals surface area (Å²) in [5.74, 6) is 0.265. The predicted octanol–water partition coefficient (Wildman–Crippen LogP) is 2.80. The number of hydrogen-bond donors (Lipinski definition) is 0. The number of ketones is 1. The maximum absolute atomic E-state index is 12.9. The molecule has 0 spiro atoms. The first-order valence-electron chi connectivity index (χ1n) is 8.98. The van der Waals surface area contributed by atoms with Gasteiger partial charge in [-0.1, -0.05) is 5.16 Å². The largest absolute Gasteiger partial charge is 0.379 e. The number of aryl methyl sites for hydroxylation is 1. The van der Waals surface area contributed by atoms with Crippen LogP contribution in [0.25, 0.3) is 0 Å². The summed E-state index contributed by atoms with van der Waals surface area (Å²) in [5, 5.41) is 3.89. The summed E-state index contributed by atoms with van der Waals surface area (Å²) in [6.45, 7) is 2.92. The number of Topliss-reactive ketones (excluding diaryl/α,β-unsaturated/α-hetero) is 1. The molecular weight excluding hydrogens is 351 g/mol. The molecule has 2 atom stereocenters. The second kappa shape index (κ2) is 8.43. The summed E-state index contributed by atoms with van der Waals surface area (Å²) in [6, 6.07) is 7.25. The van der Waals surface area contributed by atoms with Crippen LogP contribution < -0.4 is 0 Å². The number of benzene rings is 1. The number of carbonyl (C=O) groups is 2. The SMILES string of the molecule is CO[C@H]1CN(C(=O)CCC(=O)c2ccc(F)cc2)C[C@H]1Cc1cc(C)no1. The van der Waals surface area contributed by atoms with Crippen molar-refractivity contribution in [1.29, 1.82) is 0 Å². The first-order chi connectivity index (χ1) is 13.0. The number of methoxy groups -OCH3 is 1. The Morgan fingerprint density at radius 1 is 1.26 bits per heavy atom. The molecule has 1 amide bonds. The lowest BCUT2D eigenvalue weighted by Gasteiger charge is -2.15. The van der Waals surface area contributed by atoms with Crippen LogP contribution in [0.1, 0.15) is 34.7 Å². The second-order valence-corrected chi connectivity index (χ2v) is 6.90. The molecule has 2 heterocycles. The zero-order valence-corrected chi connectivity index (χ0v) is 15.5. The van der Waals surface area contributed by atoms with Gasteiger partial charge >= 0.3 is 0 Å². The Hall–Kier alpha value is -2.54. The molecule has 144 valence electrons. The van der Waals surface area contributed by atoms with E-state index in [9.17, 15) is 14.0 Å². The molecule has 1 aromatic heterocycles. The molecule has 0 bridgehead atoms. The number of nitrogens with zero attached hydrogens (tertiary/aromatic N) is 2. The lowest BCUT2D eigenvalue weighted by Crippen LogP contribution is -2.30. The minimum Gasteiger partial charge on any atom is -0.379 e. The molecule has 2 aromatic rings. The van der Waals surface area contributed by atoms with E-state index in [2.05, 4.69) is 5.16 Å². The molecule has 0 radical (unpaired) electrons. The summed E-state index contributed by atoms with van der Waals surface area (Å²) in [5.41, 5.74) is 1.24. The third kappa shape index (κ3) is 4.80. The van der Waals surface area contributed by atoms with Gasteiger partial charge in [-0.3, -0.25) is 9.59 Å². The Balaban J connectivity index is 1.53. The highest BCUT2D eigenvalue weighted by atomic mass is 19.1. The van der Waals surface area contributed by atoms with Gasteiger partial charge in [0.1, 0.15) is 11.6 Å². The molecule has 0 saturated carbocycles. The van der Waals surface area contributed by atoms with E-state index in [4.69, 9.17) is 9.26 Å². The predicted molar refractivity (Wildman–Crippen MR) is 95.8 cm³/mol. The van der Waals surface area contributed by atoms with Gasteiger partial charge in [-0.15, -0.1) is 0 Å². The van der Waals surface area contributed by atoms with Crippen LogP contribution in [-0.4, -0.2) is 48.1 Å². The average molecular weight is 374 g/mol. The molecule has 1 fully saturated rings. The average Bonchev–Trinajstić information content (AvgIpc) is 3.26. The van der Waals surface area contributed by atoms with Crippen molar-refractivity contribution in [2.75, 3.05) is 20.2 Å². The fraction of sp³-hybridized carbons (Fsp3) is 0.450. The van der Waals surface area contributed by atoms with Crippen molar-refractivity contribution in [2.24, 2.45) is 5.92 Å². The van der Waals surface area contributed by atoms with Crippen molar-refractivity contribution >= 4 is 11.7 Å². The highest BCUT2D eigenvalue weighted by molar-refractivity contribution is 5.97. The Morgan fingerprint density at radius 2 is 2.00 bits per heavy atom. The number of halogens is 1. The zero-order valence-electron chi connectivity index (χ0n) is 15.5. The number of rotatable bonds is 7. The Morgan fingerprint density at radius 3 is 2.63 bits per heavy atom. The van der Waals surface area contributed by atoms with Gasteiger partial charge in [-0.05, 0) is 31.2 Å². The van der Waals surface area contributed by atoms with Gasteiger partial charge < -0.3 is 14.2 Å². The van der Waals surface area contributed by atoms with E-state index in [1.54, 1.807) is 12.0 Å². The molecule has 0 N–H and O–H groups in total. The Bertz CT molecular complexity index is 803. The van der Waals surface area contributed by atoms with Gasteiger partial charge in [0.05, 0.1) is 11.8 Å². The normalized spacial score (nSPS) is 19.4. The summed E-state index contributed by atoms with van der Waals surface area (Å²) < 4.78 is 23.7. The van der Waals surface area contributed by atoms with Gasteiger partial charge in [0.25, 0.3) is 0 Å². The van der Waals surface area contributed by atoms with Crippen LogP contribution in [0.3, 0.4) is 0 Å². The standard InChI is InChI=1S/C20H23FN2O4/c1-13-9-17(27-22-13)10-15-11-23(12-19(15)26-2)20(25)8-7-18(24)14-3-5-16(21)6-4-14/h3-6,9,15,19H,7-8,10-12H2,1-2H3/t15-,19+/m1/s1. The fourth-order valence-electron chi connectivity index (χ4n) is 3.44. The molecule has 1 aliphatic heterocycles. The van der Waals surface area contributed by atoms with Crippen molar-refractivity contribution in [1.82, 2.24) is 10.1 Å². The van der Waals surface area contributed by atoms with Crippen molar-refractivity contribution in [2.45, 2.75) is 32.3 Å². The first kappa shape index (κ1) is 19.2. The van der Waals surface area contributed by atoms with Crippen LogP contribution in [0.15, 0.2) is 34.9 Å². The molecule has 6 nitrogen and oxygen atoms in total. The third-order valence-electron chi connectivity index (χ3n) is 4.91. The highest BCUT2D eigenvalue weighted by Crippen LogP contribution is 2.25. The lowest BCUT2D eigenvalue weighted by atomic mass is 10.0. The minimum absolute atomic E-state index is 0.0767. The van der Waals surface area contributed by atoms with E-state index in [0.29, 0.717) is 25.1 Å². The summed E-state index contributed by atoms with van der Waals surface area (Å²) in [4.78, 5) is 26.4. The Kier molecular flexibility index (Phi) is 6.01. The lowest BCUT2D eigenvalue weighted by molar-refractivity contribution is -0.130. The second-order valence-electron chi connectivity index (χ2n) is 6.90. The van der Waals surface area contributed by atoms with Crippen LogP contribution in [-0.2, 0) is 16.0 Å². The van der Waals surface area contributed by atoms with Gasteiger partial charge in [0, 0.05) is 57.0 Å². The number of aromatic nitrogens is 1. The maximum Gasteiger partial charge on any atom is 0.223 e. The molecule has 7 heteroatoms. The number of likely N-dealkylation sites (tertiary alicyclic amines) is 1. The van der Waals surface area contributed by atoms with Crippen LogP contribution in [0.2, 0.25) is 0 Å². The summed E-state index contributed by atoms with van der Waals surface area (Å²) in [6.07, 6.45) is 0.801. The van der Waals surface area contributed by atoms with Crippen LogP contribution in [0.5, 0.6) is 0 Å². The first-order valence-corrected chi connectivity index (χ1v) is 8.98. The van der Waals surface area contributed by atoms with Crippen LogP contribution in [0.4, 0.5) is 4.39 Å². The van der Waals surface area contributed by atoms with E-state index < -0.39 is 5.82 Å². The number of ether oxygens (including phenoxy) is 1. The van der Waals surface area contributed by atoms with E-state index in [-0.39, 0.29) is 36.6 Å². The molecule has 0 unspecified atom stereocenters. The molecular formula is C20H23FN2O4. The van der Waals surface area contributed by atoms with Crippen LogP contribution >= 0.6 is 0 Å². The van der Waals surface area contributed by atoms with E-state index >= 15 is 0 Å². The smallest absolute Gasteiger partial charge is 0.223 e.